The van der Waals surface area contributed by atoms with Crippen molar-refractivity contribution in [3.8, 4) is 5.75 Å². The maximum Gasteiger partial charge on any atom is 0.244 e. The van der Waals surface area contributed by atoms with Crippen LogP contribution in [0.15, 0.2) is 65.8 Å². The van der Waals surface area contributed by atoms with Crippen LogP contribution in [0.3, 0.4) is 0 Å². The van der Waals surface area contributed by atoms with Crippen LogP contribution >= 0.6 is 23.2 Å². The first kappa shape index (κ1) is 21.9. The zero-order valence-corrected chi connectivity index (χ0v) is 18.3. The van der Waals surface area contributed by atoms with Gasteiger partial charge in [-0.2, -0.15) is 5.10 Å². The highest BCUT2D eigenvalue weighted by atomic mass is 35.5. The second-order valence-electron chi connectivity index (χ2n) is 6.96. The number of hydrogen-bond acceptors (Lipinski definition) is 3. The SMILES string of the molecule is Cc1ccc(CC(=O)N/N=C/c2cc(Cl)ccc2OCc2ccccc2Cl)c(C)c1. The molecule has 30 heavy (non-hydrogen) atoms. The fourth-order valence-electron chi connectivity index (χ4n) is 2.95. The van der Waals surface area contributed by atoms with E-state index < -0.39 is 0 Å². The summed E-state index contributed by atoms with van der Waals surface area (Å²) in [4.78, 5) is 12.2. The molecule has 1 N–H and O–H groups in total. The van der Waals surface area contributed by atoms with Crippen LogP contribution in [-0.4, -0.2) is 12.1 Å². The number of halogens is 2. The molecule has 0 atom stereocenters. The number of aryl methyl sites for hydroxylation is 2. The van der Waals surface area contributed by atoms with Gasteiger partial charge < -0.3 is 4.74 Å². The topological polar surface area (TPSA) is 50.7 Å². The van der Waals surface area contributed by atoms with E-state index >= 15 is 0 Å². The Morgan fingerprint density at radius 3 is 2.60 bits per heavy atom. The van der Waals surface area contributed by atoms with Crippen molar-refractivity contribution in [2.45, 2.75) is 26.9 Å². The number of rotatable bonds is 7. The Bertz CT molecular complexity index is 1080. The van der Waals surface area contributed by atoms with E-state index in [1.165, 1.54) is 11.8 Å². The Kier molecular flexibility index (Phi) is 7.50. The van der Waals surface area contributed by atoms with Crippen molar-refractivity contribution in [1.29, 1.82) is 0 Å². The van der Waals surface area contributed by atoms with Crippen LogP contribution in [-0.2, 0) is 17.8 Å². The van der Waals surface area contributed by atoms with E-state index in [9.17, 15) is 4.79 Å². The van der Waals surface area contributed by atoms with Gasteiger partial charge in [0, 0.05) is 21.2 Å². The highest BCUT2D eigenvalue weighted by Gasteiger charge is 2.07. The Morgan fingerprint density at radius 1 is 1.03 bits per heavy atom. The quantitative estimate of drug-likeness (QED) is 0.368. The van der Waals surface area contributed by atoms with Crippen molar-refractivity contribution in [3.63, 3.8) is 0 Å². The molecule has 3 aromatic carbocycles. The lowest BCUT2D eigenvalue weighted by molar-refractivity contribution is -0.120. The van der Waals surface area contributed by atoms with Crippen LogP contribution in [0.2, 0.25) is 10.0 Å². The average molecular weight is 441 g/mol. The predicted octanol–water partition coefficient (Wildman–Crippen LogP) is 5.88. The van der Waals surface area contributed by atoms with Gasteiger partial charge in [-0.3, -0.25) is 4.79 Å². The van der Waals surface area contributed by atoms with Crippen molar-refractivity contribution >= 4 is 35.3 Å². The molecule has 0 heterocycles. The summed E-state index contributed by atoms with van der Waals surface area (Å²) in [6, 6.07) is 18.7. The minimum absolute atomic E-state index is 0.196. The fraction of sp³-hybridized carbons (Fsp3) is 0.167. The smallest absolute Gasteiger partial charge is 0.244 e. The first-order valence-corrected chi connectivity index (χ1v) is 10.2. The van der Waals surface area contributed by atoms with E-state index in [-0.39, 0.29) is 12.3 Å². The lowest BCUT2D eigenvalue weighted by atomic mass is 10.0. The van der Waals surface area contributed by atoms with Gasteiger partial charge in [0.2, 0.25) is 5.91 Å². The lowest BCUT2D eigenvalue weighted by Crippen LogP contribution is -2.20. The normalized spacial score (nSPS) is 10.9. The van der Waals surface area contributed by atoms with Crippen molar-refractivity contribution in [2.24, 2.45) is 5.10 Å². The minimum atomic E-state index is -0.196. The summed E-state index contributed by atoms with van der Waals surface area (Å²) < 4.78 is 5.89. The number of amides is 1. The number of hydrazone groups is 1. The van der Waals surface area contributed by atoms with Crippen LogP contribution in [0.25, 0.3) is 0 Å². The number of carbonyl (C=O) groups is 1. The second-order valence-corrected chi connectivity index (χ2v) is 7.81. The molecule has 0 aliphatic rings. The summed E-state index contributed by atoms with van der Waals surface area (Å²) in [5.41, 5.74) is 7.31. The number of nitrogens with one attached hydrogen (secondary N) is 1. The summed E-state index contributed by atoms with van der Waals surface area (Å²) in [5.74, 6) is 0.394. The number of hydrogen-bond donors (Lipinski definition) is 1. The largest absolute Gasteiger partial charge is 0.488 e. The van der Waals surface area contributed by atoms with Gasteiger partial charge in [0.1, 0.15) is 12.4 Å². The molecule has 0 fully saturated rings. The Balaban J connectivity index is 1.65. The van der Waals surface area contributed by atoms with Gasteiger partial charge in [-0.15, -0.1) is 0 Å². The van der Waals surface area contributed by atoms with Gasteiger partial charge >= 0.3 is 0 Å². The summed E-state index contributed by atoms with van der Waals surface area (Å²) >= 11 is 12.3. The van der Waals surface area contributed by atoms with Crippen LogP contribution in [0.5, 0.6) is 5.75 Å². The molecule has 0 spiro atoms. The third-order valence-corrected chi connectivity index (χ3v) is 5.16. The molecule has 0 unspecified atom stereocenters. The van der Waals surface area contributed by atoms with E-state index in [0.29, 0.717) is 28.0 Å². The standard InChI is InChI=1S/C24H22Cl2N2O2/c1-16-7-8-18(17(2)11-16)13-24(29)28-27-14-20-12-21(25)9-10-23(20)30-15-19-5-3-4-6-22(19)26/h3-12,14H,13,15H2,1-2H3,(H,28,29)/b27-14+. The molecule has 0 aliphatic carbocycles. The molecule has 0 saturated carbocycles. The van der Waals surface area contributed by atoms with E-state index in [2.05, 4.69) is 16.6 Å². The predicted molar refractivity (Wildman–Crippen MR) is 123 cm³/mol. The van der Waals surface area contributed by atoms with Crippen LogP contribution < -0.4 is 10.2 Å². The third-order valence-electron chi connectivity index (χ3n) is 4.55. The van der Waals surface area contributed by atoms with Gasteiger partial charge in [0.05, 0.1) is 12.6 Å². The monoisotopic (exact) mass is 440 g/mol. The first-order chi connectivity index (χ1) is 14.4. The summed E-state index contributed by atoms with van der Waals surface area (Å²) in [5, 5.41) is 5.25. The number of carbonyl (C=O) groups excluding carboxylic acids is 1. The molecule has 0 aliphatic heterocycles. The first-order valence-electron chi connectivity index (χ1n) is 9.46. The van der Waals surface area contributed by atoms with Gasteiger partial charge in [-0.05, 0) is 49.2 Å². The zero-order valence-electron chi connectivity index (χ0n) is 16.8. The molecule has 0 bridgehead atoms. The van der Waals surface area contributed by atoms with Crippen molar-refractivity contribution in [3.05, 3.63) is 98.5 Å². The molecule has 3 rings (SSSR count). The van der Waals surface area contributed by atoms with Gasteiger partial charge in [-0.25, -0.2) is 5.43 Å². The van der Waals surface area contributed by atoms with E-state index in [1.807, 2.05) is 50.2 Å². The summed E-state index contributed by atoms with van der Waals surface area (Å²) in [7, 11) is 0. The molecule has 154 valence electrons. The summed E-state index contributed by atoms with van der Waals surface area (Å²) in [6.45, 7) is 4.33. The maximum absolute atomic E-state index is 12.2. The van der Waals surface area contributed by atoms with Crippen LogP contribution in [0, 0.1) is 13.8 Å². The highest BCUT2D eigenvalue weighted by Crippen LogP contribution is 2.24. The third kappa shape index (κ3) is 6.09. The second kappa shape index (κ2) is 10.3. The van der Waals surface area contributed by atoms with E-state index in [0.717, 1.165) is 16.7 Å². The summed E-state index contributed by atoms with van der Waals surface area (Å²) in [6.07, 6.45) is 1.78. The molecule has 6 heteroatoms. The van der Waals surface area contributed by atoms with Gasteiger partial charge in [0.15, 0.2) is 0 Å². The molecular formula is C24H22Cl2N2O2. The van der Waals surface area contributed by atoms with Crippen LogP contribution in [0.4, 0.5) is 0 Å². The fourth-order valence-corrected chi connectivity index (χ4v) is 3.32. The molecular weight excluding hydrogens is 419 g/mol. The molecule has 0 aromatic heterocycles. The molecule has 0 saturated heterocycles. The number of ether oxygens (including phenoxy) is 1. The van der Waals surface area contributed by atoms with Gasteiger partial charge in [-0.1, -0.05) is 65.2 Å². The van der Waals surface area contributed by atoms with Crippen molar-refractivity contribution in [2.75, 3.05) is 0 Å². The van der Waals surface area contributed by atoms with Crippen molar-refractivity contribution in [1.82, 2.24) is 5.43 Å². The molecule has 0 radical (unpaired) electrons. The number of benzene rings is 3. The Morgan fingerprint density at radius 2 is 1.83 bits per heavy atom. The maximum atomic E-state index is 12.2. The van der Waals surface area contributed by atoms with Crippen molar-refractivity contribution < 1.29 is 9.53 Å². The zero-order chi connectivity index (χ0) is 21.5. The number of nitrogens with zero attached hydrogens (tertiary/aromatic N) is 1. The highest BCUT2D eigenvalue weighted by molar-refractivity contribution is 6.31. The van der Waals surface area contributed by atoms with Crippen LogP contribution in [0.1, 0.15) is 27.8 Å². The molecule has 3 aromatic rings. The lowest BCUT2D eigenvalue weighted by Gasteiger charge is -2.10. The average Bonchev–Trinajstić information content (AvgIpc) is 2.70. The van der Waals surface area contributed by atoms with E-state index in [4.69, 9.17) is 27.9 Å². The molecule has 1 amide bonds. The molecule has 4 nitrogen and oxygen atoms in total. The van der Waals surface area contributed by atoms with Gasteiger partial charge in [0.25, 0.3) is 0 Å². The Labute approximate surface area is 186 Å². The van der Waals surface area contributed by atoms with E-state index in [1.54, 1.807) is 18.2 Å². The minimum Gasteiger partial charge on any atom is -0.488 e. The Hall–Kier alpha value is -2.82.